The van der Waals surface area contributed by atoms with Crippen LogP contribution in [0.5, 0.6) is 0 Å². The molecule has 0 aliphatic rings. The lowest BCUT2D eigenvalue weighted by molar-refractivity contribution is 0.171. The van der Waals surface area contributed by atoms with Crippen LogP contribution in [0.2, 0.25) is 0 Å². The Morgan fingerprint density at radius 1 is 1.00 bits per heavy atom. The summed E-state index contributed by atoms with van der Waals surface area (Å²) in [6, 6.07) is 10.3. The molecule has 0 saturated heterocycles. The normalized spacial score (nSPS) is 11.7. The molecule has 0 fully saturated rings. The molecule has 1 aromatic rings. The monoisotopic (exact) mass is 255 g/mol. The van der Waals surface area contributed by atoms with Gasteiger partial charge in [0.2, 0.25) is 0 Å². The fraction of sp³-hybridized carbons (Fsp3) is 0.538. The third-order valence-electron chi connectivity index (χ3n) is 1.87. The smallest absolute Gasteiger partial charge is 0.256 e. The summed E-state index contributed by atoms with van der Waals surface area (Å²) in [6.45, 7) is 8.84. The van der Waals surface area contributed by atoms with Crippen LogP contribution in [0.1, 0.15) is 33.3 Å². The van der Waals surface area contributed by atoms with Crippen LogP contribution in [0.25, 0.3) is 0 Å². The molecule has 0 unspecified atom stereocenters. The molecule has 0 aromatic heterocycles. The van der Waals surface area contributed by atoms with Crippen molar-refractivity contribution in [2.45, 2.75) is 46.4 Å². The first kappa shape index (κ1) is 14.6. The van der Waals surface area contributed by atoms with Gasteiger partial charge in [0.25, 0.3) is 8.53 Å². The van der Waals surface area contributed by atoms with E-state index >= 15 is 0 Å². The van der Waals surface area contributed by atoms with Gasteiger partial charge in [-0.2, -0.15) is 0 Å². The first-order chi connectivity index (χ1) is 8.08. The summed E-state index contributed by atoms with van der Waals surface area (Å²) in [5.41, 5.74) is 1.24. The second-order valence-electron chi connectivity index (χ2n) is 4.39. The van der Waals surface area contributed by atoms with Crippen LogP contribution in [0.4, 0.5) is 0 Å². The third-order valence-corrected chi connectivity index (χ3v) is 3.51. The third kappa shape index (κ3) is 6.75. The Hall–Kier alpha value is -0.470. The SMILES string of the molecule is CC(C)OP(NCc1ccccc1)OC(C)C. The topological polar surface area (TPSA) is 30.5 Å². The minimum absolute atomic E-state index is 0.170. The molecule has 0 spiro atoms. The van der Waals surface area contributed by atoms with E-state index < -0.39 is 8.53 Å². The standard InChI is InChI=1S/C13H22NO2P/c1-11(2)15-17(16-12(3)4)14-10-13-8-6-5-7-9-13/h5-9,11-12,14H,10H2,1-4H3. The van der Waals surface area contributed by atoms with Crippen molar-refractivity contribution in [2.75, 3.05) is 0 Å². The van der Waals surface area contributed by atoms with Gasteiger partial charge >= 0.3 is 0 Å². The van der Waals surface area contributed by atoms with Crippen LogP contribution in [0.15, 0.2) is 30.3 Å². The zero-order valence-electron chi connectivity index (χ0n) is 11.0. The molecule has 0 heterocycles. The van der Waals surface area contributed by atoms with Crippen LogP contribution in [-0.4, -0.2) is 12.2 Å². The van der Waals surface area contributed by atoms with E-state index in [0.29, 0.717) is 0 Å². The van der Waals surface area contributed by atoms with Gasteiger partial charge in [-0.1, -0.05) is 30.3 Å². The van der Waals surface area contributed by atoms with E-state index in [0.717, 1.165) is 6.54 Å². The second-order valence-corrected chi connectivity index (χ2v) is 5.64. The first-order valence-corrected chi connectivity index (χ1v) is 7.16. The molecule has 1 aromatic carbocycles. The minimum Gasteiger partial charge on any atom is -0.319 e. The molecule has 0 saturated carbocycles. The summed E-state index contributed by atoms with van der Waals surface area (Å²) in [4.78, 5) is 0. The van der Waals surface area contributed by atoms with Gasteiger partial charge in [-0.05, 0) is 33.3 Å². The Morgan fingerprint density at radius 2 is 1.53 bits per heavy atom. The molecule has 0 aliphatic carbocycles. The van der Waals surface area contributed by atoms with E-state index in [4.69, 9.17) is 9.05 Å². The van der Waals surface area contributed by atoms with Crippen molar-refractivity contribution in [3.63, 3.8) is 0 Å². The van der Waals surface area contributed by atoms with Crippen molar-refractivity contribution in [3.05, 3.63) is 35.9 Å². The Labute approximate surface area is 105 Å². The van der Waals surface area contributed by atoms with Crippen LogP contribution in [0, 0.1) is 0 Å². The molecular formula is C13H22NO2P. The highest BCUT2D eigenvalue weighted by atomic mass is 31.2. The molecule has 96 valence electrons. The molecule has 0 aliphatic heterocycles. The molecule has 1 N–H and O–H groups in total. The van der Waals surface area contributed by atoms with Gasteiger partial charge in [0.1, 0.15) is 0 Å². The number of rotatable bonds is 7. The number of hydrogen-bond donors (Lipinski definition) is 1. The Kier molecular flexibility index (Phi) is 6.68. The second kappa shape index (κ2) is 7.78. The minimum atomic E-state index is -1.01. The molecule has 1 rings (SSSR count). The van der Waals surface area contributed by atoms with Crippen molar-refractivity contribution in [1.29, 1.82) is 0 Å². The highest BCUT2D eigenvalue weighted by Gasteiger charge is 2.14. The molecule has 3 nitrogen and oxygen atoms in total. The zero-order chi connectivity index (χ0) is 12.7. The fourth-order valence-electron chi connectivity index (χ4n) is 1.23. The lowest BCUT2D eigenvalue weighted by atomic mass is 10.2. The van der Waals surface area contributed by atoms with Gasteiger partial charge in [-0.3, -0.25) is 0 Å². The Morgan fingerprint density at radius 3 is 2.00 bits per heavy atom. The van der Waals surface area contributed by atoms with Crippen LogP contribution in [0.3, 0.4) is 0 Å². The number of benzene rings is 1. The summed E-state index contributed by atoms with van der Waals surface area (Å²) in [7, 11) is -1.01. The highest BCUT2D eigenvalue weighted by Crippen LogP contribution is 2.36. The van der Waals surface area contributed by atoms with E-state index in [1.165, 1.54) is 5.56 Å². The van der Waals surface area contributed by atoms with Gasteiger partial charge in [0, 0.05) is 6.54 Å². The summed E-state index contributed by atoms with van der Waals surface area (Å²) in [5.74, 6) is 0. The van der Waals surface area contributed by atoms with Gasteiger partial charge in [0.15, 0.2) is 0 Å². The van der Waals surface area contributed by atoms with Gasteiger partial charge in [0.05, 0.1) is 12.2 Å². The van der Waals surface area contributed by atoms with Crippen molar-refractivity contribution in [3.8, 4) is 0 Å². The Bertz CT molecular complexity index is 294. The van der Waals surface area contributed by atoms with Crippen molar-refractivity contribution < 1.29 is 9.05 Å². The number of nitrogens with one attached hydrogen (secondary N) is 1. The van der Waals surface area contributed by atoms with E-state index in [-0.39, 0.29) is 12.2 Å². The van der Waals surface area contributed by atoms with Gasteiger partial charge in [-0.25, -0.2) is 5.09 Å². The van der Waals surface area contributed by atoms with Crippen molar-refractivity contribution in [1.82, 2.24) is 5.09 Å². The molecule has 0 atom stereocenters. The van der Waals surface area contributed by atoms with E-state index in [1.807, 2.05) is 45.9 Å². The predicted molar refractivity (Wildman–Crippen MR) is 72.6 cm³/mol. The molecule has 17 heavy (non-hydrogen) atoms. The average Bonchev–Trinajstić information content (AvgIpc) is 2.26. The van der Waals surface area contributed by atoms with Crippen LogP contribution >= 0.6 is 8.53 Å². The summed E-state index contributed by atoms with van der Waals surface area (Å²) in [5, 5.41) is 3.32. The fourth-order valence-corrected chi connectivity index (χ4v) is 2.51. The van der Waals surface area contributed by atoms with Crippen LogP contribution in [-0.2, 0) is 15.6 Å². The maximum Gasteiger partial charge on any atom is 0.256 e. The molecular weight excluding hydrogens is 233 g/mol. The van der Waals surface area contributed by atoms with Gasteiger partial charge in [-0.15, -0.1) is 0 Å². The summed E-state index contributed by atoms with van der Waals surface area (Å²) >= 11 is 0. The first-order valence-electron chi connectivity index (χ1n) is 5.99. The lowest BCUT2D eigenvalue weighted by Crippen LogP contribution is -2.15. The Balaban J connectivity index is 2.43. The summed E-state index contributed by atoms with van der Waals surface area (Å²) < 4.78 is 11.4. The van der Waals surface area contributed by atoms with E-state index in [1.54, 1.807) is 0 Å². The van der Waals surface area contributed by atoms with E-state index in [2.05, 4.69) is 17.2 Å². The average molecular weight is 255 g/mol. The number of hydrogen-bond acceptors (Lipinski definition) is 3. The van der Waals surface area contributed by atoms with Crippen molar-refractivity contribution >= 4 is 8.53 Å². The molecule has 0 amide bonds. The molecule has 4 heteroatoms. The lowest BCUT2D eigenvalue weighted by Gasteiger charge is -2.22. The zero-order valence-corrected chi connectivity index (χ0v) is 11.9. The maximum atomic E-state index is 5.71. The largest absolute Gasteiger partial charge is 0.319 e. The van der Waals surface area contributed by atoms with Crippen LogP contribution < -0.4 is 5.09 Å². The quantitative estimate of drug-likeness (QED) is 0.751. The van der Waals surface area contributed by atoms with Gasteiger partial charge < -0.3 is 9.05 Å². The highest BCUT2D eigenvalue weighted by molar-refractivity contribution is 7.44. The molecule has 0 radical (unpaired) electrons. The summed E-state index contributed by atoms with van der Waals surface area (Å²) in [6.07, 6.45) is 0.339. The maximum absolute atomic E-state index is 5.71. The van der Waals surface area contributed by atoms with E-state index in [9.17, 15) is 0 Å². The predicted octanol–water partition coefficient (Wildman–Crippen LogP) is 3.85. The molecule has 0 bridgehead atoms. The van der Waals surface area contributed by atoms with Crippen molar-refractivity contribution in [2.24, 2.45) is 0 Å².